The van der Waals surface area contributed by atoms with Crippen molar-refractivity contribution in [3.63, 3.8) is 0 Å². The van der Waals surface area contributed by atoms with Crippen molar-refractivity contribution in [2.75, 3.05) is 40.4 Å². The molecule has 2 heterocycles. The van der Waals surface area contributed by atoms with Crippen molar-refractivity contribution in [1.29, 1.82) is 0 Å². The molecule has 0 aromatic carbocycles. The highest BCUT2D eigenvalue weighted by molar-refractivity contribution is 5.85. The molecule has 0 bridgehead atoms. The minimum atomic E-state index is 0. The first-order chi connectivity index (χ1) is 9.28. The van der Waals surface area contributed by atoms with Crippen molar-refractivity contribution in [2.24, 2.45) is 5.92 Å². The molecule has 1 fully saturated rings. The van der Waals surface area contributed by atoms with E-state index in [2.05, 4.69) is 27.4 Å². The Kier molecular flexibility index (Phi) is 8.06. The third-order valence-corrected chi connectivity index (χ3v) is 3.47. The molecule has 1 saturated heterocycles. The molecule has 2 rings (SSSR count). The van der Waals surface area contributed by atoms with Crippen molar-refractivity contribution in [3.8, 4) is 0 Å². The summed E-state index contributed by atoms with van der Waals surface area (Å²) >= 11 is 0. The van der Waals surface area contributed by atoms with Gasteiger partial charge in [-0.25, -0.2) is 0 Å². The van der Waals surface area contributed by atoms with Crippen molar-refractivity contribution in [3.05, 3.63) is 11.7 Å². The molecule has 1 aliphatic rings. The molecule has 0 radical (unpaired) electrons. The zero-order valence-electron chi connectivity index (χ0n) is 12.3. The highest BCUT2D eigenvalue weighted by Crippen LogP contribution is 2.13. The fraction of sp³-hybridized carbons (Fsp3) is 0.846. The number of methoxy groups -OCH3 is 1. The van der Waals surface area contributed by atoms with Gasteiger partial charge in [-0.1, -0.05) is 5.16 Å². The Morgan fingerprint density at radius 3 is 2.85 bits per heavy atom. The number of hydrogen-bond donors (Lipinski definition) is 1. The van der Waals surface area contributed by atoms with E-state index in [1.807, 2.05) is 0 Å². The van der Waals surface area contributed by atoms with Gasteiger partial charge in [-0.05, 0) is 38.9 Å². The molecule has 20 heavy (non-hydrogen) atoms. The topological polar surface area (TPSA) is 63.4 Å². The van der Waals surface area contributed by atoms with Gasteiger partial charge in [0.15, 0.2) is 5.82 Å². The van der Waals surface area contributed by atoms with E-state index in [9.17, 15) is 0 Å². The fourth-order valence-electron chi connectivity index (χ4n) is 2.45. The lowest BCUT2D eigenvalue weighted by Crippen LogP contribution is -2.34. The van der Waals surface area contributed by atoms with E-state index in [4.69, 9.17) is 9.26 Å². The standard InChI is InChI=1S/C13H24N4O2.ClH/c1-17(9-11-3-6-14-7-4-11)10-13-15-12(16-19-13)5-8-18-2;/h11,14H,3-10H2,1-2H3;1H. The monoisotopic (exact) mass is 304 g/mol. The van der Waals surface area contributed by atoms with Crippen molar-refractivity contribution < 1.29 is 9.26 Å². The lowest BCUT2D eigenvalue weighted by atomic mass is 9.98. The van der Waals surface area contributed by atoms with E-state index in [0.29, 0.717) is 18.9 Å². The number of piperidine rings is 1. The minimum absolute atomic E-state index is 0. The van der Waals surface area contributed by atoms with Crippen LogP contribution in [0.3, 0.4) is 0 Å². The van der Waals surface area contributed by atoms with Gasteiger partial charge >= 0.3 is 0 Å². The fourth-order valence-corrected chi connectivity index (χ4v) is 2.45. The first kappa shape index (κ1) is 17.4. The SMILES string of the molecule is COCCc1noc(CN(C)CC2CCNCC2)n1.Cl. The van der Waals surface area contributed by atoms with E-state index in [1.54, 1.807) is 7.11 Å². The van der Waals surface area contributed by atoms with Gasteiger partial charge in [0, 0.05) is 20.1 Å². The molecular weight excluding hydrogens is 280 g/mol. The van der Waals surface area contributed by atoms with Crippen LogP contribution in [0.15, 0.2) is 4.52 Å². The molecule has 0 aliphatic carbocycles. The molecule has 0 atom stereocenters. The summed E-state index contributed by atoms with van der Waals surface area (Å²) in [6.07, 6.45) is 3.22. The summed E-state index contributed by atoms with van der Waals surface area (Å²) < 4.78 is 10.2. The maximum atomic E-state index is 5.25. The number of hydrogen-bond acceptors (Lipinski definition) is 6. The number of ether oxygens (including phenoxy) is 1. The highest BCUT2D eigenvalue weighted by atomic mass is 35.5. The zero-order valence-corrected chi connectivity index (χ0v) is 13.1. The van der Waals surface area contributed by atoms with Crippen LogP contribution in [-0.2, 0) is 17.7 Å². The average molecular weight is 305 g/mol. The third kappa shape index (κ3) is 5.75. The zero-order chi connectivity index (χ0) is 13.5. The Morgan fingerprint density at radius 2 is 2.15 bits per heavy atom. The number of rotatable bonds is 7. The van der Waals surface area contributed by atoms with Crippen LogP contribution in [0.25, 0.3) is 0 Å². The molecule has 1 aromatic rings. The van der Waals surface area contributed by atoms with Crippen LogP contribution in [0.2, 0.25) is 0 Å². The van der Waals surface area contributed by atoms with Crippen LogP contribution in [0.4, 0.5) is 0 Å². The second-order valence-corrected chi connectivity index (χ2v) is 5.24. The predicted octanol–water partition coefficient (Wildman–Crippen LogP) is 1.11. The summed E-state index contributed by atoms with van der Waals surface area (Å²) in [5.74, 6) is 2.21. The largest absolute Gasteiger partial charge is 0.384 e. The number of aromatic nitrogens is 2. The minimum Gasteiger partial charge on any atom is -0.384 e. The first-order valence-electron chi connectivity index (χ1n) is 6.97. The van der Waals surface area contributed by atoms with E-state index in [0.717, 1.165) is 37.9 Å². The quantitative estimate of drug-likeness (QED) is 0.814. The third-order valence-electron chi connectivity index (χ3n) is 3.47. The lowest BCUT2D eigenvalue weighted by Gasteiger charge is -2.26. The highest BCUT2D eigenvalue weighted by Gasteiger charge is 2.16. The van der Waals surface area contributed by atoms with Crippen molar-refractivity contribution in [1.82, 2.24) is 20.4 Å². The lowest BCUT2D eigenvalue weighted by molar-refractivity contribution is 0.199. The number of nitrogens with one attached hydrogen (secondary N) is 1. The Balaban J connectivity index is 0.00000200. The van der Waals surface area contributed by atoms with Crippen LogP contribution >= 0.6 is 12.4 Å². The molecule has 1 aromatic heterocycles. The van der Waals surface area contributed by atoms with Gasteiger partial charge < -0.3 is 14.6 Å². The van der Waals surface area contributed by atoms with Crippen molar-refractivity contribution in [2.45, 2.75) is 25.8 Å². The van der Waals surface area contributed by atoms with E-state index in [1.165, 1.54) is 12.8 Å². The molecule has 116 valence electrons. The summed E-state index contributed by atoms with van der Waals surface area (Å²) in [4.78, 5) is 6.64. The maximum absolute atomic E-state index is 5.25. The molecule has 1 N–H and O–H groups in total. The summed E-state index contributed by atoms with van der Waals surface area (Å²) in [6.45, 7) is 4.73. The molecule has 0 spiro atoms. The van der Waals surface area contributed by atoms with E-state index in [-0.39, 0.29) is 12.4 Å². The molecule has 7 heteroatoms. The summed E-state index contributed by atoms with van der Waals surface area (Å²) in [6, 6.07) is 0. The predicted molar refractivity (Wildman–Crippen MR) is 79.1 cm³/mol. The van der Waals surface area contributed by atoms with Crippen LogP contribution in [0.5, 0.6) is 0 Å². The smallest absolute Gasteiger partial charge is 0.240 e. The molecule has 6 nitrogen and oxygen atoms in total. The number of nitrogens with zero attached hydrogens (tertiary/aromatic N) is 3. The summed E-state index contributed by atoms with van der Waals surface area (Å²) in [5.41, 5.74) is 0. The summed E-state index contributed by atoms with van der Waals surface area (Å²) in [7, 11) is 3.79. The van der Waals surface area contributed by atoms with Gasteiger partial charge in [0.25, 0.3) is 0 Å². The van der Waals surface area contributed by atoms with E-state index < -0.39 is 0 Å². The average Bonchev–Trinajstić information content (AvgIpc) is 2.85. The van der Waals surface area contributed by atoms with Gasteiger partial charge in [0.1, 0.15) is 0 Å². The summed E-state index contributed by atoms with van der Waals surface area (Å²) in [5, 5.41) is 7.34. The van der Waals surface area contributed by atoms with Gasteiger partial charge in [-0.3, -0.25) is 4.90 Å². The van der Waals surface area contributed by atoms with Gasteiger partial charge in [-0.15, -0.1) is 12.4 Å². The maximum Gasteiger partial charge on any atom is 0.240 e. The Morgan fingerprint density at radius 1 is 1.40 bits per heavy atom. The second kappa shape index (κ2) is 9.28. The molecule has 1 aliphatic heterocycles. The Labute approximate surface area is 126 Å². The second-order valence-electron chi connectivity index (χ2n) is 5.24. The Bertz CT molecular complexity index is 369. The molecule has 0 unspecified atom stereocenters. The van der Waals surface area contributed by atoms with Crippen LogP contribution in [0, 0.1) is 5.92 Å². The number of halogens is 1. The van der Waals surface area contributed by atoms with Crippen molar-refractivity contribution >= 4 is 12.4 Å². The van der Waals surface area contributed by atoms with Crippen LogP contribution in [0.1, 0.15) is 24.6 Å². The molecule has 0 amide bonds. The van der Waals surface area contributed by atoms with E-state index >= 15 is 0 Å². The van der Waals surface area contributed by atoms with Crippen LogP contribution < -0.4 is 5.32 Å². The molecule has 0 saturated carbocycles. The van der Waals surface area contributed by atoms with Crippen LogP contribution in [-0.4, -0.2) is 55.4 Å². The first-order valence-corrected chi connectivity index (χ1v) is 6.97. The van der Waals surface area contributed by atoms with Gasteiger partial charge in [0.05, 0.1) is 13.2 Å². The normalized spacial score (nSPS) is 16.4. The molecular formula is C13H25ClN4O2. The Hall–Kier alpha value is -0.690. The van der Waals surface area contributed by atoms with Gasteiger partial charge in [0.2, 0.25) is 5.89 Å². The van der Waals surface area contributed by atoms with Gasteiger partial charge in [-0.2, -0.15) is 4.98 Å².